The Morgan fingerprint density at radius 3 is 2.33 bits per heavy atom. The Morgan fingerprint density at radius 2 is 1.71 bits per heavy atom. The van der Waals surface area contributed by atoms with Gasteiger partial charge in [0.25, 0.3) is 11.8 Å². The van der Waals surface area contributed by atoms with Gasteiger partial charge in [-0.2, -0.15) is 26.3 Å². The topological polar surface area (TPSA) is 99.4 Å². The lowest BCUT2D eigenvalue weighted by atomic mass is 9.82. The molecule has 3 aromatic rings. The molecule has 1 N–H and O–H groups in total. The molecule has 1 unspecified atom stereocenters. The van der Waals surface area contributed by atoms with Crippen molar-refractivity contribution in [2.75, 3.05) is 5.32 Å². The van der Waals surface area contributed by atoms with E-state index in [4.69, 9.17) is 13.9 Å². The molecule has 4 rings (SSSR count). The molecule has 1 atom stereocenters. The molecule has 0 saturated carbocycles. The van der Waals surface area contributed by atoms with Crippen molar-refractivity contribution in [2.24, 2.45) is 5.41 Å². The third kappa shape index (κ3) is 8.21. The minimum absolute atomic E-state index is 0.120. The fraction of sp³-hybridized carbons (Fsp3) is 0.484. The second-order valence-corrected chi connectivity index (χ2v) is 12.6. The largest absolute Gasteiger partial charge is 0.444 e. The summed E-state index contributed by atoms with van der Waals surface area (Å²) in [7, 11) is 0. The van der Waals surface area contributed by atoms with Gasteiger partial charge in [-0.05, 0) is 63.5 Å². The quantitative estimate of drug-likeness (QED) is 0.225. The van der Waals surface area contributed by atoms with E-state index in [2.05, 4.69) is 20.5 Å². The van der Waals surface area contributed by atoms with Crippen LogP contribution in [0.1, 0.15) is 76.6 Å². The first kappa shape index (κ1) is 33.9. The van der Waals surface area contributed by atoms with Crippen molar-refractivity contribution >= 4 is 11.8 Å². The van der Waals surface area contributed by atoms with E-state index in [1.54, 1.807) is 71.0 Å². The number of alkyl halides is 6. The molecule has 4 bridgehead atoms. The molecular weight excluding hydrogens is 606 g/mol. The fourth-order valence-electron chi connectivity index (χ4n) is 4.78. The summed E-state index contributed by atoms with van der Waals surface area (Å²) in [6.45, 7) is 7.62. The van der Waals surface area contributed by atoms with E-state index >= 15 is 0 Å². The fourth-order valence-corrected chi connectivity index (χ4v) is 4.78. The second-order valence-electron chi connectivity index (χ2n) is 12.6. The molecule has 0 radical (unpaired) electrons. The number of hydrogen-bond acceptors (Lipinski definition) is 7. The van der Waals surface area contributed by atoms with Gasteiger partial charge in [0.15, 0.2) is 5.69 Å². The molecule has 1 aliphatic rings. The Balaban J connectivity index is 1.93. The average molecular weight is 641 g/mol. The maximum Gasteiger partial charge on any atom is 0.426 e. The standard InChI is InChI=1S/C31H34F6N4O4/c1-27(2,3)45-26(42)39-21-16-20(30(32,33)34)22-17-28(4,5)14-10-7-11-15-29(31(35,36)37,43-18-19-12-8-6-9-13-19)25-41-40-24(44-25)23(21)38-22/h6-10,12-13,16H,11,14-15,17-18H2,1-5H3,(H,39,42)/b10-7-. The minimum Gasteiger partial charge on any atom is -0.444 e. The number of aromatic nitrogens is 3. The summed E-state index contributed by atoms with van der Waals surface area (Å²) >= 11 is 0. The summed E-state index contributed by atoms with van der Waals surface area (Å²) < 4.78 is 104. The smallest absolute Gasteiger partial charge is 0.426 e. The van der Waals surface area contributed by atoms with Crippen molar-refractivity contribution in [3.05, 3.63) is 71.3 Å². The van der Waals surface area contributed by atoms with Crippen LogP contribution in [0.5, 0.6) is 0 Å². The van der Waals surface area contributed by atoms with Gasteiger partial charge in [0.05, 0.1) is 23.6 Å². The van der Waals surface area contributed by atoms with E-state index in [1.165, 1.54) is 6.08 Å². The average Bonchev–Trinajstić information content (AvgIpc) is 3.38. The Kier molecular flexibility index (Phi) is 9.39. The van der Waals surface area contributed by atoms with E-state index < -0.39 is 82.5 Å². The zero-order valence-corrected chi connectivity index (χ0v) is 25.4. The summed E-state index contributed by atoms with van der Waals surface area (Å²) in [5, 5.41) is 9.67. The first-order valence-electron chi connectivity index (χ1n) is 14.1. The van der Waals surface area contributed by atoms with Crippen LogP contribution in [0.15, 0.2) is 53.0 Å². The SMILES string of the molecule is CC1(C)C/C=C\CCC(OCc2ccccc2)(C(F)(F)F)c2nnc(o2)-c2nc(c(C(F)(F)F)cc2NC(=O)OC(C)(C)C)C1. The van der Waals surface area contributed by atoms with Crippen LogP contribution in [0.3, 0.4) is 0 Å². The Hall–Kier alpha value is -3.94. The molecule has 0 fully saturated rings. The number of halogens is 6. The van der Waals surface area contributed by atoms with Crippen molar-refractivity contribution in [3.8, 4) is 11.6 Å². The van der Waals surface area contributed by atoms with Crippen LogP contribution in [0.4, 0.5) is 36.8 Å². The predicted octanol–water partition coefficient (Wildman–Crippen LogP) is 8.78. The molecule has 2 aromatic heterocycles. The highest BCUT2D eigenvalue weighted by Crippen LogP contribution is 2.47. The number of nitrogens with one attached hydrogen (secondary N) is 1. The van der Waals surface area contributed by atoms with Crippen molar-refractivity contribution < 1.29 is 45.0 Å². The van der Waals surface area contributed by atoms with Gasteiger partial charge in [0.2, 0.25) is 5.60 Å². The Morgan fingerprint density at radius 1 is 1.02 bits per heavy atom. The number of carbonyl (C=O) groups excluding carboxylic acids is 1. The van der Waals surface area contributed by atoms with Gasteiger partial charge in [0.1, 0.15) is 5.60 Å². The minimum atomic E-state index is -5.05. The number of anilines is 1. The van der Waals surface area contributed by atoms with Gasteiger partial charge in [-0.1, -0.05) is 56.3 Å². The summed E-state index contributed by atoms with van der Waals surface area (Å²) in [6.07, 6.45) is -8.60. The summed E-state index contributed by atoms with van der Waals surface area (Å²) in [4.78, 5) is 16.8. The normalized spacial score (nSPS) is 19.8. The molecule has 45 heavy (non-hydrogen) atoms. The van der Waals surface area contributed by atoms with Crippen LogP contribution in [0.2, 0.25) is 0 Å². The number of rotatable bonds is 4. The number of hydrogen-bond donors (Lipinski definition) is 1. The highest BCUT2D eigenvalue weighted by atomic mass is 19.4. The van der Waals surface area contributed by atoms with Crippen LogP contribution >= 0.6 is 0 Å². The molecule has 1 amide bonds. The first-order valence-corrected chi connectivity index (χ1v) is 14.1. The van der Waals surface area contributed by atoms with Crippen LogP contribution in [-0.4, -0.2) is 33.1 Å². The molecule has 0 aliphatic carbocycles. The monoisotopic (exact) mass is 640 g/mol. The molecule has 14 heteroatoms. The zero-order chi connectivity index (χ0) is 33.3. The van der Waals surface area contributed by atoms with Crippen molar-refractivity contribution in [2.45, 2.75) is 90.5 Å². The third-order valence-electron chi connectivity index (χ3n) is 6.95. The Bertz CT molecular complexity index is 1530. The van der Waals surface area contributed by atoms with Gasteiger partial charge >= 0.3 is 18.4 Å². The number of nitrogens with zero attached hydrogens (tertiary/aromatic N) is 3. The highest BCUT2D eigenvalue weighted by molar-refractivity contribution is 5.89. The number of amides is 1. The van der Waals surface area contributed by atoms with Crippen LogP contribution in [0, 0.1) is 5.41 Å². The Labute approximate surface area is 256 Å². The molecule has 0 saturated heterocycles. The van der Waals surface area contributed by atoms with E-state index in [0.717, 1.165) is 0 Å². The van der Waals surface area contributed by atoms with Gasteiger partial charge in [-0.15, -0.1) is 10.2 Å². The summed E-state index contributed by atoms with van der Waals surface area (Å²) in [6, 6.07) is 8.83. The first-order chi connectivity index (χ1) is 20.8. The maximum absolute atomic E-state index is 15.0. The molecule has 8 nitrogen and oxygen atoms in total. The van der Waals surface area contributed by atoms with Crippen molar-refractivity contribution in [3.63, 3.8) is 0 Å². The lowest BCUT2D eigenvalue weighted by Crippen LogP contribution is -2.45. The van der Waals surface area contributed by atoms with Gasteiger partial charge in [0, 0.05) is 0 Å². The number of allylic oxidation sites excluding steroid dienone is 2. The molecule has 1 aliphatic heterocycles. The molecule has 244 valence electrons. The third-order valence-corrected chi connectivity index (χ3v) is 6.95. The van der Waals surface area contributed by atoms with Gasteiger partial charge in [-0.3, -0.25) is 5.32 Å². The number of ether oxygens (including phenoxy) is 2. The van der Waals surface area contributed by atoms with Crippen molar-refractivity contribution in [1.29, 1.82) is 0 Å². The van der Waals surface area contributed by atoms with E-state index in [-0.39, 0.29) is 19.3 Å². The number of benzene rings is 1. The molecular formula is C31H34F6N4O4. The lowest BCUT2D eigenvalue weighted by Gasteiger charge is -2.32. The molecule has 0 spiro atoms. The number of fused-ring (bicyclic) bond motifs is 5. The lowest BCUT2D eigenvalue weighted by molar-refractivity contribution is -0.299. The second kappa shape index (κ2) is 12.5. The number of carbonyl (C=O) groups is 1. The molecule has 1 aromatic carbocycles. The highest BCUT2D eigenvalue weighted by Gasteiger charge is 2.61. The summed E-state index contributed by atoms with van der Waals surface area (Å²) in [5.74, 6) is -1.61. The van der Waals surface area contributed by atoms with Crippen LogP contribution in [-0.2, 0) is 34.3 Å². The van der Waals surface area contributed by atoms with E-state index in [9.17, 15) is 31.1 Å². The van der Waals surface area contributed by atoms with Crippen molar-refractivity contribution in [1.82, 2.24) is 15.2 Å². The van der Waals surface area contributed by atoms with Gasteiger partial charge in [-0.25, -0.2) is 9.78 Å². The van der Waals surface area contributed by atoms with Gasteiger partial charge < -0.3 is 13.9 Å². The maximum atomic E-state index is 15.0. The summed E-state index contributed by atoms with van der Waals surface area (Å²) in [5.41, 5.74) is -6.98. The van der Waals surface area contributed by atoms with Crippen LogP contribution in [0.25, 0.3) is 11.6 Å². The van der Waals surface area contributed by atoms with Crippen LogP contribution < -0.4 is 5.32 Å². The predicted molar refractivity (Wildman–Crippen MR) is 152 cm³/mol. The zero-order valence-electron chi connectivity index (χ0n) is 25.4. The number of pyridine rings is 1. The van der Waals surface area contributed by atoms with E-state index in [1.807, 2.05) is 0 Å². The molecule has 3 heterocycles. The van der Waals surface area contributed by atoms with E-state index in [0.29, 0.717) is 11.6 Å².